The predicted molar refractivity (Wildman–Crippen MR) is 93.9 cm³/mol. The summed E-state index contributed by atoms with van der Waals surface area (Å²) in [6, 6.07) is 4.25. The van der Waals surface area contributed by atoms with Gasteiger partial charge in [-0.05, 0) is 56.3 Å². The molecule has 1 fully saturated rings. The molecule has 2 aromatic heterocycles. The first-order valence-corrected chi connectivity index (χ1v) is 9.43. The zero-order valence-electron chi connectivity index (χ0n) is 14.4. The molecule has 2 aromatic rings. The van der Waals surface area contributed by atoms with Crippen molar-refractivity contribution in [1.29, 1.82) is 0 Å². The SMILES string of the molecule is c1cc(CCN2CCCC(c3nnc4n3CCCCC4)C2)ccn1. The van der Waals surface area contributed by atoms with E-state index in [0.29, 0.717) is 5.92 Å². The lowest BCUT2D eigenvalue weighted by molar-refractivity contribution is 0.204. The molecule has 0 bridgehead atoms. The van der Waals surface area contributed by atoms with Crippen molar-refractivity contribution in [2.24, 2.45) is 0 Å². The molecule has 4 rings (SSSR count). The maximum Gasteiger partial charge on any atom is 0.137 e. The monoisotopic (exact) mass is 325 g/mol. The zero-order valence-corrected chi connectivity index (χ0v) is 14.4. The van der Waals surface area contributed by atoms with E-state index < -0.39 is 0 Å². The van der Waals surface area contributed by atoms with Gasteiger partial charge in [0.05, 0.1) is 0 Å². The minimum Gasteiger partial charge on any atom is -0.315 e. The van der Waals surface area contributed by atoms with Crippen LogP contribution in [-0.4, -0.2) is 44.3 Å². The van der Waals surface area contributed by atoms with E-state index in [-0.39, 0.29) is 0 Å². The predicted octanol–water partition coefficient (Wildman–Crippen LogP) is 2.82. The summed E-state index contributed by atoms with van der Waals surface area (Å²) in [7, 11) is 0. The van der Waals surface area contributed by atoms with E-state index >= 15 is 0 Å². The molecule has 5 heteroatoms. The maximum atomic E-state index is 4.59. The van der Waals surface area contributed by atoms with Crippen molar-refractivity contribution >= 4 is 0 Å². The van der Waals surface area contributed by atoms with Crippen LogP contribution in [0.3, 0.4) is 0 Å². The van der Waals surface area contributed by atoms with Crippen LogP contribution >= 0.6 is 0 Å². The van der Waals surface area contributed by atoms with Gasteiger partial charge in [-0.3, -0.25) is 4.98 Å². The Kier molecular flexibility index (Phi) is 4.88. The first kappa shape index (κ1) is 15.8. The van der Waals surface area contributed by atoms with E-state index in [1.165, 1.54) is 55.9 Å². The Balaban J connectivity index is 1.41. The van der Waals surface area contributed by atoms with Gasteiger partial charge in [0.25, 0.3) is 0 Å². The van der Waals surface area contributed by atoms with Crippen molar-refractivity contribution in [1.82, 2.24) is 24.6 Å². The Labute approximate surface area is 144 Å². The summed E-state index contributed by atoms with van der Waals surface area (Å²) in [5.41, 5.74) is 1.38. The van der Waals surface area contributed by atoms with Crippen LogP contribution in [-0.2, 0) is 19.4 Å². The molecule has 5 nitrogen and oxygen atoms in total. The summed E-state index contributed by atoms with van der Waals surface area (Å²) < 4.78 is 2.43. The van der Waals surface area contributed by atoms with E-state index in [4.69, 9.17) is 0 Å². The Morgan fingerprint density at radius 3 is 2.83 bits per heavy atom. The number of rotatable bonds is 4. The maximum absolute atomic E-state index is 4.59. The van der Waals surface area contributed by atoms with Crippen molar-refractivity contribution in [3.8, 4) is 0 Å². The highest BCUT2D eigenvalue weighted by atomic mass is 15.3. The van der Waals surface area contributed by atoms with Crippen LogP contribution < -0.4 is 0 Å². The number of nitrogens with zero attached hydrogens (tertiary/aromatic N) is 5. The molecular weight excluding hydrogens is 298 g/mol. The molecule has 0 spiro atoms. The van der Waals surface area contributed by atoms with Crippen LogP contribution in [0.2, 0.25) is 0 Å². The van der Waals surface area contributed by atoms with E-state index in [9.17, 15) is 0 Å². The third kappa shape index (κ3) is 3.51. The molecule has 0 aliphatic carbocycles. The van der Waals surface area contributed by atoms with Crippen LogP contribution in [0.4, 0.5) is 0 Å². The molecule has 2 aliphatic heterocycles. The summed E-state index contributed by atoms with van der Waals surface area (Å²) in [6.07, 6.45) is 12.4. The van der Waals surface area contributed by atoms with Crippen LogP contribution in [0.15, 0.2) is 24.5 Å². The van der Waals surface area contributed by atoms with Gasteiger partial charge in [0.2, 0.25) is 0 Å². The summed E-state index contributed by atoms with van der Waals surface area (Å²) in [6.45, 7) is 4.58. The highest BCUT2D eigenvalue weighted by Crippen LogP contribution is 2.28. The lowest BCUT2D eigenvalue weighted by atomic mass is 9.96. The van der Waals surface area contributed by atoms with Gasteiger partial charge in [-0.25, -0.2) is 0 Å². The number of hydrogen-bond acceptors (Lipinski definition) is 4. The number of hydrogen-bond donors (Lipinski definition) is 0. The lowest BCUT2D eigenvalue weighted by Gasteiger charge is -2.32. The number of piperidine rings is 1. The molecule has 2 aliphatic rings. The first-order chi connectivity index (χ1) is 11.9. The average Bonchev–Trinajstić information content (AvgIpc) is 2.90. The number of aromatic nitrogens is 4. The molecule has 0 N–H and O–H groups in total. The number of fused-ring (bicyclic) bond motifs is 1. The summed E-state index contributed by atoms with van der Waals surface area (Å²) in [4.78, 5) is 6.71. The van der Waals surface area contributed by atoms with Crippen LogP contribution in [0.25, 0.3) is 0 Å². The third-order valence-corrected chi connectivity index (χ3v) is 5.47. The molecular formula is C19H27N5. The van der Waals surface area contributed by atoms with Gasteiger partial charge in [-0.1, -0.05) is 6.42 Å². The largest absolute Gasteiger partial charge is 0.315 e. The fraction of sp³-hybridized carbons (Fsp3) is 0.632. The summed E-state index contributed by atoms with van der Waals surface area (Å²) in [5, 5.41) is 9.09. The van der Waals surface area contributed by atoms with Crippen LogP contribution in [0.1, 0.15) is 55.2 Å². The molecule has 1 atom stereocenters. The fourth-order valence-electron chi connectivity index (χ4n) is 4.12. The van der Waals surface area contributed by atoms with Gasteiger partial charge in [0.1, 0.15) is 11.6 Å². The summed E-state index contributed by atoms with van der Waals surface area (Å²) in [5.74, 6) is 3.02. The fourth-order valence-corrected chi connectivity index (χ4v) is 4.12. The number of pyridine rings is 1. The second kappa shape index (κ2) is 7.43. The van der Waals surface area contributed by atoms with E-state index in [2.05, 4.69) is 36.8 Å². The Morgan fingerprint density at radius 2 is 1.92 bits per heavy atom. The standard InChI is InChI=1S/C19H27N5/c1-2-6-18-21-22-19(24(18)13-3-1)17-5-4-12-23(15-17)14-9-16-7-10-20-11-8-16/h7-8,10-11,17H,1-6,9,12-15H2. The van der Waals surface area contributed by atoms with Gasteiger partial charge in [0, 0.05) is 44.4 Å². The van der Waals surface area contributed by atoms with Crippen LogP contribution in [0, 0.1) is 0 Å². The topological polar surface area (TPSA) is 46.8 Å². The second-order valence-corrected chi connectivity index (χ2v) is 7.18. The van der Waals surface area contributed by atoms with Gasteiger partial charge in [-0.15, -0.1) is 10.2 Å². The Bertz CT molecular complexity index is 651. The van der Waals surface area contributed by atoms with Crippen molar-refractivity contribution in [2.45, 2.75) is 57.4 Å². The van der Waals surface area contributed by atoms with Crippen LogP contribution in [0.5, 0.6) is 0 Å². The van der Waals surface area contributed by atoms with Crippen molar-refractivity contribution < 1.29 is 0 Å². The molecule has 24 heavy (non-hydrogen) atoms. The second-order valence-electron chi connectivity index (χ2n) is 7.18. The lowest BCUT2D eigenvalue weighted by Crippen LogP contribution is -2.36. The van der Waals surface area contributed by atoms with E-state index in [1.54, 1.807) is 0 Å². The van der Waals surface area contributed by atoms with Crippen molar-refractivity contribution in [3.63, 3.8) is 0 Å². The van der Waals surface area contributed by atoms with Gasteiger partial charge in [0.15, 0.2) is 0 Å². The van der Waals surface area contributed by atoms with E-state index in [1.807, 2.05) is 12.4 Å². The first-order valence-electron chi connectivity index (χ1n) is 9.43. The molecule has 0 aromatic carbocycles. The minimum atomic E-state index is 0.551. The number of likely N-dealkylation sites (tertiary alicyclic amines) is 1. The van der Waals surface area contributed by atoms with Crippen molar-refractivity contribution in [2.75, 3.05) is 19.6 Å². The zero-order chi connectivity index (χ0) is 16.2. The molecule has 128 valence electrons. The molecule has 0 amide bonds. The normalized spacial score (nSPS) is 22.1. The molecule has 1 saturated heterocycles. The van der Waals surface area contributed by atoms with Gasteiger partial charge >= 0.3 is 0 Å². The third-order valence-electron chi connectivity index (χ3n) is 5.47. The molecule has 1 unspecified atom stereocenters. The quantitative estimate of drug-likeness (QED) is 0.867. The Hall–Kier alpha value is -1.75. The van der Waals surface area contributed by atoms with Gasteiger partial charge in [-0.2, -0.15) is 0 Å². The average molecular weight is 325 g/mol. The highest BCUT2D eigenvalue weighted by molar-refractivity contribution is 5.10. The van der Waals surface area contributed by atoms with E-state index in [0.717, 1.165) is 32.5 Å². The number of aryl methyl sites for hydroxylation is 1. The minimum absolute atomic E-state index is 0.551. The smallest absolute Gasteiger partial charge is 0.137 e. The van der Waals surface area contributed by atoms with Crippen molar-refractivity contribution in [3.05, 3.63) is 41.7 Å². The molecule has 4 heterocycles. The Morgan fingerprint density at radius 1 is 1.00 bits per heavy atom. The molecule has 0 saturated carbocycles. The summed E-state index contributed by atoms with van der Waals surface area (Å²) >= 11 is 0. The molecule has 0 radical (unpaired) electrons. The highest BCUT2D eigenvalue weighted by Gasteiger charge is 2.27. The van der Waals surface area contributed by atoms with Gasteiger partial charge < -0.3 is 9.47 Å².